The first kappa shape index (κ1) is 14.2. The second-order valence-electron chi connectivity index (χ2n) is 4.51. The maximum atomic E-state index is 11.9. The van der Waals surface area contributed by atoms with Crippen LogP contribution < -0.4 is 16.8 Å². The van der Waals surface area contributed by atoms with Gasteiger partial charge in [-0.25, -0.2) is 0 Å². The van der Waals surface area contributed by atoms with Crippen molar-refractivity contribution in [1.29, 1.82) is 0 Å². The van der Waals surface area contributed by atoms with Gasteiger partial charge in [-0.1, -0.05) is 13.3 Å². The van der Waals surface area contributed by atoms with E-state index in [2.05, 4.69) is 10.4 Å². The number of anilines is 1. The van der Waals surface area contributed by atoms with Gasteiger partial charge in [-0.05, 0) is 13.3 Å². The minimum Gasteiger partial charge on any atom is -0.368 e. The smallest absolute Gasteiger partial charge is 0.244 e. The van der Waals surface area contributed by atoms with Crippen molar-refractivity contribution in [2.75, 3.05) is 5.32 Å². The van der Waals surface area contributed by atoms with Crippen molar-refractivity contribution in [1.82, 2.24) is 9.78 Å². The third-order valence-electron chi connectivity index (χ3n) is 2.50. The third kappa shape index (κ3) is 3.85. The van der Waals surface area contributed by atoms with E-state index in [0.717, 1.165) is 6.42 Å². The molecule has 1 atom stereocenters. The van der Waals surface area contributed by atoms with Crippen LogP contribution in [-0.4, -0.2) is 27.1 Å². The van der Waals surface area contributed by atoms with Crippen LogP contribution in [0.25, 0.3) is 0 Å². The van der Waals surface area contributed by atoms with Crippen molar-refractivity contribution in [3.63, 3.8) is 0 Å². The Balaban J connectivity index is 2.65. The van der Waals surface area contributed by atoms with E-state index >= 15 is 0 Å². The van der Waals surface area contributed by atoms with Crippen LogP contribution in [0, 0.1) is 0 Å². The van der Waals surface area contributed by atoms with Crippen LogP contribution in [0.4, 0.5) is 5.69 Å². The predicted molar refractivity (Wildman–Crippen MR) is 67.6 cm³/mol. The lowest BCUT2D eigenvalue weighted by molar-refractivity contribution is -0.121. The first-order chi connectivity index (χ1) is 8.35. The molecule has 5 N–H and O–H groups in total. The molecular weight excluding hydrogens is 234 g/mol. The Morgan fingerprint density at radius 3 is 2.78 bits per heavy atom. The number of hydrogen-bond acceptors (Lipinski definition) is 4. The van der Waals surface area contributed by atoms with Gasteiger partial charge in [0, 0.05) is 6.20 Å². The molecule has 1 heterocycles. The zero-order valence-electron chi connectivity index (χ0n) is 10.6. The number of primary amides is 1. The Labute approximate surface area is 106 Å². The minimum absolute atomic E-state index is 0.0231. The van der Waals surface area contributed by atoms with Gasteiger partial charge in [-0.15, -0.1) is 0 Å². The monoisotopic (exact) mass is 253 g/mol. The topological polar surface area (TPSA) is 116 Å². The van der Waals surface area contributed by atoms with Crippen LogP contribution in [0.1, 0.15) is 26.7 Å². The standard InChI is InChI=1S/C11H19N5O2/c1-3-4-11(2,13)10(18)15-8-5-14-16(6-8)7-9(12)17/h5-6H,3-4,7,13H2,1-2H3,(H2,12,17)(H,15,18). The van der Waals surface area contributed by atoms with Crippen molar-refractivity contribution in [3.8, 4) is 0 Å². The van der Waals surface area contributed by atoms with Gasteiger partial charge in [0.15, 0.2) is 0 Å². The van der Waals surface area contributed by atoms with Gasteiger partial charge in [-0.3, -0.25) is 14.3 Å². The Bertz CT molecular complexity index is 438. The molecule has 0 aromatic carbocycles. The highest BCUT2D eigenvalue weighted by Crippen LogP contribution is 2.13. The molecule has 1 aromatic rings. The fraction of sp³-hybridized carbons (Fsp3) is 0.545. The molecule has 100 valence electrons. The van der Waals surface area contributed by atoms with Gasteiger partial charge in [0.1, 0.15) is 6.54 Å². The van der Waals surface area contributed by atoms with E-state index in [9.17, 15) is 9.59 Å². The number of rotatable bonds is 6. The van der Waals surface area contributed by atoms with Crippen molar-refractivity contribution in [2.24, 2.45) is 11.5 Å². The van der Waals surface area contributed by atoms with E-state index < -0.39 is 11.4 Å². The summed E-state index contributed by atoms with van der Waals surface area (Å²) in [5, 5.41) is 6.56. The quantitative estimate of drug-likeness (QED) is 0.652. The molecule has 0 saturated heterocycles. The second-order valence-corrected chi connectivity index (χ2v) is 4.51. The lowest BCUT2D eigenvalue weighted by atomic mass is 9.96. The van der Waals surface area contributed by atoms with Gasteiger partial charge >= 0.3 is 0 Å². The Morgan fingerprint density at radius 1 is 1.56 bits per heavy atom. The number of nitrogens with two attached hydrogens (primary N) is 2. The van der Waals surface area contributed by atoms with Crippen LogP contribution in [0.15, 0.2) is 12.4 Å². The lowest BCUT2D eigenvalue weighted by Crippen LogP contribution is -2.48. The molecular formula is C11H19N5O2. The summed E-state index contributed by atoms with van der Waals surface area (Å²) in [5.41, 5.74) is 10.5. The van der Waals surface area contributed by atoms with Crippen molar-refractivity contribution >= 4 is 17.5 Å². The normalized spacial score (nSPS) is 13.9. The van der Waals surface area contributed by atoms with Gasteiger partial charge < -0.3 is 16.8 Å². The number of nitrogens with zero attached hydrogens (tertiary/aromatic N) is 2. The summed E-state index contributed by atoms with van der Waals surface area (Å²) in [5.74, 6) is -0.770. The summed E-state index contributed by atoms with van der Waals surface area (Å²) in [6.07, 6.45) is 4.39. The zero-order valence-corrected chi connectivity index (χ0v) is 10.6. The second kappa shape index (κ2) is 5.63. The number of nitrogens with one attached hydrogen (secondary N) is 1. The van der Waals surface area contributed by atoms with E-state index in [0.29, 0.717) is 12.1 Å². The molecule has 7 nitrogen and oxygen atoms in total. The van der Waals surface area contributed by atoms with Crippen LogP contribution in [-0.2, 0) is 16.1 Å². The van der Waals surface area contributed by atoms with E-state index in [1.54, 1.807) is 6.92 Å². The molecule has 1 aromatic heterocycles. The highest BCUT2D eigenvalue weighted by Gasteiger charge is 2.27. The fourth-order valence-electron chi connectivity index (χ4n) is 1.58. The molecule has 0 aliphatic heterocycles. The van der Waals surface area contributed by atoms with E-state index in [1.165, 1.54) is 17.1 Å². The zero-order chi connectivity index (χ0) is 13.8. The van der Waals surface area contributed by atoms with Gasteiger partial charge in [0.05, 0.1) is 17.4 Å². The Kier molecular flexibility index (Phi) is 4.43. The van der Waals surface area contributed by atoms with Crippen LogP contribution in [0.5, 0.6) is 0 Å². The SMILES string of the molecule is CCCC(C)(N)C(=O)Nc1cnn(CC(N)=O)c1. The molecule has 18 heavy (non-hydrogen) atoms. The molecule has 1 unspecified atom stereocenters. The number of aromatic nitrogens is 2. The average Bonchev–Trinajstić information content (AvgIpc) is 2.64. The summed E-state index contributed by atoms with van der Waals surface area (Å²) in [7, 11) is 0. The molecule has 0 aliphatic carbocycles. The molecule has 0 saturated carbocycles. The van der Waals surface area contributed by atoms with Crippen LogP contribution in [0.2, 0.25) is 0 Å². The number of carbonyl (C=O) groups is 2. The molecule has 0 fully saturated rings. The maximum absolute atomic E-state index is 11.9. The van der Waals surface area contributed by atoms with Gasteiger partial charge in [-0.2, -0.15) is 5.10 Å². The minimum atomic E-state index is -0.916. The predicted octanol–water partition coefficient (Wildman–Crippen LogP) is -0.176. The van der Waals surface area contributed by atoms with E-state index in [1.807, 2.05) is 6.92 Å². The Morgan fingerprint density at radius 2 is 2.22 bits per heavy atom. The highest BCUT2D eigenvalue weighted by molar-refractivity contribution is 5.97. The fourth-order valence-corrected chi connectivity index (χ4v) is 1.58. The lowest BCUT2D eigenvalue weighted by Gasteiger charge is -2.22. The molecule has 7 heteroatoms. The number of amides is 2. The first-order valence-corrected chi connectivity index (χ1v) is 5.76. The highest BCUT2D eigenvalue weighted by atomic mass is 16.2. The van der Waals surface area contributed by atoms with Crippen molar-refractivity contribution < 1.29 is 9.59 Å². The van der Waals surface area contributed by atoms with Gasteiger partial charge in [0.25, 0.3) is 0 Å². The molecule has 0 spiro atoms. The largest absolute Gasteiger partial charge is 0.368 e. The Hall–Kier alpha value is -1.89. The van der Waals surface area contributed by atoms with Gasteiger partial charge in [0.2, 0.25) is 11.8 Å². The summed E-state index contributed by atoms with van der Waals surface area (Å²) >= 11 is 0. The maximum Gasteiger partial charge on any atom is 0.244 e. The van der Waals surface area contributed by atoms with E-state index in [4.69, 9.17) is 11.5 Å². The third-order valence-corrected chi connectivity index (χ3v) is 2.50. The summed E-state index contributed by atoms with van der Waals surface area (Å²) in [4.78, 5) is 22.6. The van der Waals surface area contributed by atoms with Crippen LogP contribution >= 0.6 is 0 Å². The first-order valence-electron chi connectivity index (χ1n) is 5.76. The van der Waals surface area contributed by atoms with Crippen molar-refractivity contribution in [2.45, 2.75) is 38.8 Å². The molecule has 2 amide bonds. The summed E-state index contributed by atoms with van der Waals surface area (Å²) in [6.45, 7) is 3.62. The average molecular weight is 253 g/mol. The molecule has 0 radical (unpaired) electrons. The van der Waals surface area contributed by atoms with Crippen molar-refractivity contribution in [3.05, 3.63) is 12.4 Å². The summed E-state index contributed by atoms with van der Waals surface area (Å²) in [6, 6.07) is 0. The van der Waals surface area contributed by atoms with E-state index in [-0.39, 0.29) is 12.5 Å². The number of carbonyl (C=O) groups excluding carboxylic acids is 2. The molecule has 1 rings (SSSR count). The summed E-state index contributed by atoms with van der Waals surface area (Å²) < 4.78 is 1.35. The van der Waals surface area contributed by atoms with Crippen LogP contribution in [0.3, 0.4) is 0 Å². The molecule has 0 bridgehead atoms. The number of hydrogen-bond donors (Lipinski definition) is 3. The molecule has 0 aliphatic rings.